The molecule has 114 valence electrons. The number of hydrogen-bond acceptors (Lipinski definition) is 4. The van der Waals surface area contributed by atoms with E-state index in [0.717, 1.165) is 11.1 Å². The zero-order valence-corrected chi connectivity index (χ0v) is 11.8. The average molecular weight is 311 g/mol. The van der Waals surface area contributed by atoms with Crippen molar-refractivity contribution >= 4 is 33.3 Å². The van der Waals surface area contributed by atoms with Gasteiger partial charge in [-0.2, -0.15) is 5.10 Å². The van der Waals surface area contributed by atoms with Crippen LogP contribution in [0.4, 0.5) is 20.3 Å². The van der Waals surface area contributed by atoms with Gasteiger partial charge in [-0.25, -0.2) is 13.8 Å². The van der Waals surface area contributed by atoms with E-state index in [1.165, 1.54) is 6.20 Å². The van der Waals surface area contributed by atoms with Gasteiger partial charge in [-0.1, -0.05) is 6.07 Å². The minimum absolute atomic E-state index is 0.203. The van der Waals surface area contributed by atoms with E-state index in [4.69, 9.17) is 0 Å². The molecule has 0 saturated carbocycles. The number of anilines is 2. The van der Waals surface area contributed by atoms with Crippen molar-refractivity contribution in [1.29, 1.82) is 0 Å². The molecule has 0 aliphatic rings. The number of pyridine rings is 2. The fourth-order valence-corrected chi connectivity index (χ4v) is 2.54. The van der Waals surface area contributed by atoms with Crippen LogP contribution in [0.25, 0.3) is 21.8 Å². The summed E-state index contributed by atoms with van der Waals surface area (Å²) in [6, 6.07) is 10.6. The quantitative estimate of drug-likeness (QED) is 0.595. The van der Waals surface area contributed by atoms with Gasteiger partial charge in [0.05, 0.1) is 5.39 Å². The second-order valence-electron chi connectivity index (χ2n) is 5.03. The maximum absolute atomic E-state index is 13.0. The van der Waals surface area contributed by atoms with E-state index in [1.54, 1.807) is 30.5 Å². The van der Waals surface area contributed by atoms with Gasteiger partial charge in [0.2, 0.25) is 0 Å². The lowest BCUT2D eigenvalue weighted by molar-refractivity contribution is 0.148. The lowest BCUT2D eigenvalue weighted by Gasteiger charge is -2.08. The molecule has 7 heteroatoms. The highest BCUT2D eigenvalue weighted by molar-refractivity contribution is 5.92. The number of rotatable bonds is 3. The Morgan fingerprint density at radius 2 is 1.91 bits per heavy atom. The van der Waals surface area contributed by atoms with Crippen LogP contribution in [0.5, 0.6) is 0 Å². The molecule has 2 N–H and O–H groups in total. The zero-order chi connectivity index (χ0) is 15.8. The van der Waals surface area contributed by atoms with Crippen LogP contribution >= 0.6 is 0 Å². The van der Waals surface area contributed by atoms with Gasteiger partial charge in [-0.15, -0.1) is 0 Å². The summed E-state index contributed by atoms with van der Waals surface area (Å²) in [7, 11) is 0. The molecule has 3 aromatic heterocycles. The summed E-state index contributed by atoms with van der Waals surface area (Å²) in [5.41, 5.74) is 1.17. The molecule has 0 aliphatic heterocycles. The van der Waals surface area contributed by atoms with Crippen molar-refractivity contribution < 1.29 is 8.78 Å². The Kier molecular flexibility index (Phi) is 3.11. The van der Waals surface area contributed by atoms with Gasteiger partial charge in [0, 0.05) is 23.5 Å². The van der Waals surface area contributed by atoms with E-state index >= 15 is 0 Å². The van der Waals surface area contributed by atoms with E-state index < -0.39 is 6.43 Å². The number of aromatic nitrogens is 4. The first-order valence-electron chi connectivity index (χ1n) is 6.95. The van der Waals surface area contributed by atoms with E-state index in [9.17, 15) is 8.78 Å². The Morgan fingerprint density at radius 3 is 2.78 bits per heavy atom. The van der Waals surface area contributed by atoms with Gasteiger partial charge in [0.1, 0.15) is 11.5 Å². The molecule has 0 fully saturated rings. The number of benzene rings is 1. The molecule has 0 atom stereocenters. The Hall–Kier alpha value is -3.09. The van der Waals surface area contributed by atoms with Crippen molar-refractivity contribution in [3.8, 4) is 0 Å². The Bertz CT molecular complexity index is 996. The average Bonchev–Trinajstić information content (AvgIpc) is 2.97. The summed E-state index contributed by atoms with van der Waals surface area (Å²) in [5, 5.41) is 12.2. The van der Waals surface area contributed by atoms with Crippen LogP contribution < -0.4 is 5.32 Å². The molecule has 0 saturated heterocycles. The summed E-state index contributed by atoms with van der Waals surface area (Å²) in [5.74, 6) is 0.704. The van der Waals surface area contributed by atoms with Crippen molar-refractivity contribution in [1.82, 2.24) is 20.2 Å². The van der Waals surface area contributed by atoms with E-state index in [-0.39, 0.29) is 5.69 Å². The highest BCUT2D eigenvalue weighted by atomic mass is 19.3. The van der Waals surface area contributed by atoms with Crippen LogP contribution in [-0.2, 0) is 0 Å². The molecular formula is C16H11F2N5. The monoisotopic (exact) mass is 311 g/mol. The molecule has 4 aromatic rings. The number of H-pyrrole nitrogens is 1. The molecule has 5 nitrogen and oxygen atoms in total. The van der Waals surface area contributed by atoms with Crippen molar-refractivity contribution in [2.24, 2.45) is 0 Å². The lowest BCUT2D eigenvalue weighted by Crippen LogP contribution is -1.94. The third kappa shape index (κ3) is 2.36. The summed E-state index contributed by atoms with van der Waals surface area (Å²) in [6.07, 6.45) is 0.463. The summed E-state index contributed by atoms with van der Waals surface area (Å²) in [6.45, 7) is 0. The van der Waals surface area contributed by atoms with Crippen LogP contribution in [-0.4, -0.2) is 20.2 Å². The first-order valence-corrected chi connectivity index (χ1v) is 6.95. The molecule has 0 spiro atoms. The normalized spacial score (nSPS) is 11.4. The van der Waals surface area contributed by atoms with Crippen molar-refractivity contribution in [3.05, 3.63) is 54.5 Å². The summed E-state index contributed by atoms with van der Waals surface area (Å²) >= 11 is 0. The molecule has 3 heterocycles. The van der Waals surface area contributed by atoms with Crippen molar-refractivity contribution in [2.45, 2.75) is 6.43 Å². The first-order chi connectivity index (χ1) is 11.2. The van der Waals surface area contributed by atoms with Gasteiger partial charge < -0.3 is 5.32 Å². The van der Waals surface area contributed by atoms with Crippen molar-refractivity contribution in [3.63, 3.8) is 0 Å². The van der Waals surface area contributed by atoms with Crippen molar-refractivity contribution in [2.75, 3.05) is 5.32 Å². The van der Waals surface area contributed by atoms with E-state index in [0.29, 0.717) is 22.2 Å². The second kappa shape index (κ2) is 5.28. The molecule has 1 aromatic carbocycles. The number of nitrogens with zero attached hydrogens (tertiary/aromatic N) is 3. The molecule has 0 amide bonds. The number of halogens is 2. The summed E-state index contributed by atoms with van der Waals surface area (Å²) in [4.78, 5) is 7.91. The largest absolute Gasteiger partial charge is 0.340 e. The highest BCUT2D eigenvalue weighted by Gasteiger charge is 2.13. The topological polar surface area (TPSA) is 66.5 Å². The number of nitrogens with one attached hydrogen (secondary N) is 2. The molecule has 0 unspecified atom stereocenters. The SMILES string of the molecule is FC(F)c1nccc2cc(Nc3[nH]nc4ncccc34)ccc12. The molecule has 23 heavy (non-hydrogen) atoms. The minimum Gasteiger partial charge on any atom is -0.340 e. The van der Waals surface area contributed by atoms with Crippen LogP contribution in [0, 0.1) is 0 Å². The second-order valence-corrected chi connectivity index (χ2v) is 5.03. The predicted molar refractivity (Wildman–Crippen MR) is 83.9 cm³/mol. The molecular weight excluding hydrogens is 300 g/mol. The smallest absolute Gasteiger partial charge is 0.280 e. The van der Waals surface area contributed by atoms with E-state index in [1.807, 2.05) is 12.1 Å². The van der Waals surface area contributed by atoms with Gasteiger partial charge in [0.15, 0.2) is 5.65 Å². The Balaban J connectivity index is 1.75. The van der Waals surface area contributed by atoms with Gasteiger partial charge in [0.25, 0.3) is 6.43 Å². The molecule has 0 radical (unpaired) electrons. The number of aromatic amines is 1. The number of fused-ring (bicyclic) bond motifs is 2. The predicted octanol–water partition coefficient (Wildman–Crippen LogP) is 4.19. The Morgan fingerprint density at radius 1 is 1.00 bits per heavy atom. The maximum Gasteiger partial charge on any atom is 0.280 e. The fourth-order valence-electron chi connectivity index (χ4n) is 2.54. The van der Waals surface area contributed by atoms with Crippen LogP contribution in [0.15, 0.2) is 48.8 Å². The number of alkyl halides is 2. The standard InChI is InChI=1S/C16H11F2N5/c17-14(18)13-11-4-3-10(8-9(11)5-7-19-13)21-16-12-2-1-6-20-15(12)22-23-16/h1-8,14H,(H2,20,21,22,23). The fraction of sp³-hybridized carbons (Fsp3) is 0.0625. The van der Waals surface area contributed by atoms with Gasteiger partial charge >= 0.3 is 0 Å². The Labute approximate surface area is 129 Å². The van der Waals surface area contributed by atoms with Gasteiger partial charge in [-0.3, -0.25) is 10.1 Å². The van der Waals surface area contributed by atoms with Crippen LogP contribution in [0.1, 0.15) is 12.1 Å². The highest BCUT2D eigenvalue weighted by Crippen LogP contribution is 2.29. The zero-order valence-electron chi connectivity index (χ0n) is 11.8. The summed E-state index contributed by atoms with van der Waals surface area (Å²) < 4.78 is 26.0. The van der Waals surface area contributed by atoms with Gasteiger partial charge in [-0.05, 0) is 35.7 Å². The molecule has 0 aliphatic carbocycles. The maximum atomic E-state index is 13.0. The first kappa shape index (κ1) is 13.6. The molecule has 4 rings (SSSR count). The van der Waals surface area contributed by atoms with Crippen LogP contribution in [0.2, 0.25) is 0 Å². The third-order valence-corrected chi connectivity index (χ3v) is 3.60. The lowest BCUT2D eigenvalue weighted by atomic mass is 10.1. The number of hydrogen-bond donors (Lipinski definition) is 2. The third-order valence-electron chi connectivity index (χ3n) is 3.60. The van der Waals surface area contributed by atoms with Crippen LogP contribution in [0.3, 0.4) is 0 Å². The minimum atomic E-state index is -2.60. The molecule has 0 bridgehead atoms. The van der Waals surface area contributed by atoms with E-state index in [2.05, 4.69) is 25.5 Å².